The predicted octanol–water partition coefficient (Wildman–Crippen LogP) is 2.86. The van der Waals surface area contributed by atoms with Crippen molar-refractivity contribution in [3.8, 4) is 17.0 Å². The van der Waals surface area contributed by atoms with Gasteiger partial charge in [0.15, 0.2) is 0 Å². The number of ether oxygens (including phenoxy) is 1. The minimum absolute atomic E-state index is 0.436. The first-order chi connectivity index (χ1) is 10.2. The van der Waals surface area contributed by atoms with E-state index in [0.717, 1.165) is 42.1 Å². The highest BCUT2D eigenvalue weighted by Crippen LogP contribution is 2.26. The number of benzene rings is 1. The Bertz CT molecular complexity index is 577. The summed E-state index contributed by atoms with van der Waals surface area (Å²) in [5.74, 6) is 0.904. The topological polar surface area (TPSA) is 52.0 Å². The number of hydrogen-bond acceptors (Lipinski definition) is 4. The van der Waals surface area contributed by atoms with Crippen LogP contribution in [0.1, 0.15) is 32.8 Å². The van der Waals surface area contributed by atoms with Gasteiger partial charge in [-0.25, -0.2) is 4.68 Å². The van der Waals surface area contributed by atoms with Crippen molar-refractivity contribution in [2.75, 3.05) is 7.11 Å². The lowest BCUT2D eigenvalue weighted by Gasteiger charge is -2.14. The lowest BCUT2D eigenvalue weighted by Crippen LogP contribution is -2.22. The Labute approximate surface area is 126 Å². The maximum atomic E-state index is 5.45. The van der Waals surface area contributed by atoms with Crippen molar-refractivity contribution in [2.24, 2.45) is 0 Å². The minimum Gasteiger partial charge on any atom is -0.496 e. The fraction of sp³-hybridized carbons (Fsp3) is 0.500. The Morgan fingerprint density at radius 3 is 2.81 bits per heavy atom. The Balaban J connectivity index is 2.32. The van der Waals surface area contributed by atoms with Crippen LogP contribution in [-0.2, 0) is 13.1 Å². The van der Waals surface area contributed by atoms with Crippen LogP contribution in [0.15, 0.2) is 24.4 Å². The van der Waals surface area contributed by atoms with Gasteiger partial charge in [0, 0.05) is 30.3 Å². The summed E-state index contributed by atoms with van der Waals surface area (Å²) in [6.07, 6.45) is 2.85. The molecule has 0 amide bonds. The van der Waals surface area contributed by atoms with Crippen LogP contribution in [0.4, 0.5) is 0 Å². The van der Waals surface area contributed by atoms with Crippen LogP contribution in [0.2, 0.25) is 0 Å². The first-order valence-corrected chi connectivity index (χ1v) is 7.44. The molecule has 5 heteroatoms. The summed E-state index contributed by atoms with van der Waals surface area (Å²) in [7, 11) is 1.71. The van der Waals surface area contributed by atoms with Crippen molar-refractivity contribution in [3.05, 3.63) is 30.0 Å². The molecule has 0 aliphatic rings. The fourth-order valence-corrected chi connectivity index (χ4v) is 2.25. The lowest BCUT2D eigenvalue weighted by molar-refractivity contribution is 0.406. The SMILES string of the molecule is CCCn1nncc1-c1ccc(OC)c(CNC(C)C)c1. The molecule has 0 radical (unpaired) electrons. The van der Waals surface area contributed by atoms with Gasteiger partial charge in [-0.05, 0) is 24.6 Å². The second-order valence-corrected chi connectivity index (χ2v) is 5.40. The standard InChI is InChI=1S/C16H24N4O/c1-5-8-20-15(11-18-19-20)13-6-7-16(21-4)14(9-13)10-17-12(2)3/h6-7,9,11-12,17H,5,8,10H2,1-4H3. The van der Waals surface area contributed by atoms with Crippen molar-refractivity contribution >= 4 is 0 Å². The Morgan fingerprint density at radius 1 is 1.33 bits per heavy atom. The van der Waals surface area contributed by atoms with Crippen LogP contribution in [0.3, 0.4) is 0 Å². The zero-order valence-electron chi connectivity index (χ0n) is 13.3. The van der Waals surface area contributed by atoms with Crippen LogP contribution < -0.4 is 10.1 Å². The van der Waals surface area contributed by atoms with Gasteiger partial charge in [0.25, 0.3) is 0 Å². The van der Waals surface area contributed by atoms with Crippen molar-refractivity contribution in [2.45, 2.75) is 46.3 Å². The number of rotatable bonds is 7. The molecule has 0 atom stereocenters. The summed E-state index contributed by atoms with van der Waals surface area (Å²) < 4.78 is 7.40. The van der Waals surface area contributed by atoms with Gasteiger partial charge in [-0.2, -0.15) is 0 Å². The smallest absolute Gasteiger partial charge is 0.123 e. The van der Waals surface area contributed by atoms with Crippen molar-refractivity contribution < 1.29 is 4.74 Å². The van der Waals surface area contributed by atoms with Crippen LogP contribution in [0.5, 0.6) is 5.75 Å². The lowest BCUT2D eigenvalue weighted by atomic mass is 10.1. The van der Waals surface area contributed by atoms with Gasteiger partial charge < -0.3 is 10.1 Å². The van der Waals surface area contributed by atoms with Crippen molar-refractivity contribution in [1.82, 2.24) is 20.3 Å². The average Bonchev–Trinajstić information content (AvgIpc) is 2.93. The molecular formula is C16H24N4O. The highest BCUT2D eigenvalue weighted by Gasteiger charge is 2.10. The summed E-state index contributed by atoms with van der Waals surface area (Å²) in [4.78, 5) is 0. The van der Waals surface area contributed by atoms with E-state index in [9.17, 15) is 0 Å². The first kappa shape index (κ1) is 15.5. The van der Waals surface area contributed by atoms with E-state index in [1.54, 1.807) is 7.11 Å². The molecule has 114 valence electrons. The van der Waals surface area contributed by atoms with E-state index < -0.39 is 0 Å². The largest absolute Gasteiger partial charge is 0.496 e. The molecule has 1 aromatic heterocycles. The second kappa shape index (κ2) is 7.22. The third-order valence-corrected chi connectivity index (χ3v) is 3.33. The van der Waals surface area contributed by atoms with Crippen molar-refractivity contribution in [1.29, 1.82) is 0 Å². The third kappa shape index (κ3) is 3.82. The molecule has 0 saturated carbocycles. The average molecular weight is 288 g/mol. The summed E-state index contributed by atoms with van der Waals surface area (Å²) >= 11 is 0. The quantitative estimate of drug-likeness (QED) is 0.851. The molecule has 0 fully saturated rings. The van der Waals surface area contributed by atoms with E-state index in [2.05, 4.69) is 48.5 Å². The van der Waals surface area contributed by atoms with E-state index >= 15 is 0 Å². The Kier molecular flexibility index (Phi) is 5.33. The number of aromatic nitrogens is 3. The van der Waals surface area contributed by atoms with Gasteiger partial charge in [0.05, 0.1) is 19.0 Å². The summed E-state index contributed by atoms with van der Waals surface area (Å²) in [5, 5.41) is 11.6. The van der Waals surface area contributed by atoms with Crippen LogP contribution in [0, 0.1) is 0 Å². The van der Waals surface area contributed by atoms with Crippen LogP contribution >= 0.6 is 0 Å². The molecule has 21 heavy (non-hydrogen) atoms. The van der Waals surface area contributed by atoms with Gasteiger partial charge >= 0.3 is 0 Å². The zero-order valence-corrected chi connectivity index (χ0v) is 13.3. The normalized spacial score (nSPS) is 11.1. The van der Waals surface area contributed by atoms with Crippen molar-refractivity contribution in [3.63, 3.8) is 0 Å². The molecule has 0 bridgehead atoms. The van der Waals surface area contributed by atoms with Gasteiger partial charge in [0.1, 0.15) is 5.75 Å². The molecular weight excluding hydrogens is 264 g/mol. The molecule has 1 N–H and O–H groups in total. The van der Waals surface area contributed by atoms with E-state index in [1.165, 1.54) is 0 Å². The molecule has 0 aliphatic heterocycles. The number of nitrogens with one attached hydrogen (secondary N) is 1. The highest BCUT2D eigenvalue weighted by molar-refractivity contribution is 5.61. The molecule has 0 saturated heterocycles. The van der Waals surface area contributed by atoms with E-state index in [0.29, 0.717) is 6.04 Å². The first-order valence-electron chi connectivity index (χ1n) is 7.44. The van der Waals surface area contributed by atoms with Gasteiger partial charge in [-0.1, -0.05) is 26.0 Å². The van der Waals surface area contributed by atoms with E-state index in [1.807, 2.05) is 16.9 Å². The maximum absolute atomic E-state index is 5.45. The highest BCUT2D eigenvalue weighted by atomic mass is 16.5. The number of nitrogens with zero attached hydrogens (tertiary/aromatic N) is 3. The summed E-state index contributed by atoms with van der Waals surface area (Å²) in [5.41, 5.74) is 3.31. The third-order valence-electron chi connectivity index (χ3n) is 3.33. The predicted molar refractivity (Wildman–Crippen MR) is 84.3 cm³/mol. The van der Waals surface area contributed by atoms with Crippen LogP contribution in [-0.4, -0.2) is 28.1 Å². The van der Waals surface area contributed by atoms with E-state index in [-0.39, 0.29) is 0 Å². The minimum atomic E-state index is 0.436. The molecule has 0 spiro atoms. The van der Waals surface area contributed by atoms with E-state index in [4.69, 9.17) is 4.74 Å². The van der Waals surface area contributed by atoms with Crippen LogP contribution in [0.25, 0.3) is 11.3 Å². The zero-order chi connectivity index (χ0) is 15.2. The molecule has 2 aromatic rings. The second-order valence-electron chi connectivity index (χ2n) is 5.40. The molecule has 2 rings (SSSR count). The number of methoxy groups -OCH3 is 1. The molecule has 1 aromatic carbocycles. The number of hydrogen-bond donors (Lipinski definition) is 1. The number of aryl methyl sites for hydroxylation is 1. The molecule has 0 unspecified atom stereocenters. The summed E-state index contributed by atoms with van der Waals surface area (Å²) in [6.45, 7) is 8.07. The maximum Gasteiger partial charge on any atom is 0.123 e. The van der Waals surface area contributed by atoms with Gasteiger partial charge in [0.2, 0.25) is 0 Å². The monoisotopic (exact) mass is 288 g/mol. The molecule has 0 aliphatic carbocycles. The molecule has 1 heterocycles. The van der Waals surface area contributed by atoms with Gasteiger partial charge in [-0.3, -0.25) is 0 Å². The Morgan fingerprint density at radius 2 is 2.14 bits per heavy atom. The molecule has 5 nitrogen and oxygen atoms in total. The fourth-order valence-electron chi connectivity index (χ4n) is 2.25. The van der Waals surface area contributed by atoms with Gasteiger partial charge in [-0.15, -0.1) is 5.10 Å². The Hall–Kier alpha value is -1.88. The summed E-state index contributed by atoms with van der Waals surface area (Å²) in [6, 6.07) is 6.66.